The van der Waals surface area contributed by atoms with E-state index in [-0.39, 0.29) is 29.7 Å². The number of likely N-dealkylation sites (tertiary alicyclic amines) is 1. The summed E-state index contributed by atoms with van der Waals surface area (Å²) in [6.07, 6.45) is 1.20. The van der Waals surface area contributed by atoms with Crippen molar-refractivity contribution in [2.45, 2.75) is 39.7 Å². The van der Waals surface area contributed by atoms with E-state index >= 15 is 0 Å². The zero-order chi connectivity index (χ0) is 24.7. The lowest BCUT2D eigenvalue weighted by atomic mass is 9.88. The number of carbonyl (C=O) groups is 3. The van der Waals surface area contributed by atoms with Crippen LogP contribution in [0.1, 0.15) is 42.6 Å². The molecule has 1 aliphatic rings. The maximum absolute atomic E-state index is 13.0. The minimum atomic E-state index is -0.704. The van der Waals surface area contributed by atoms with Gasteiger partial charge in [-0.3, -0.25) is 9.59 Å². The van der Waals surface area contributed by atoms with Gasteiger partial charge in [0.15, 0.2) is 0 Å². The minimum Gasteiger partial charge on any atom is -0.354 e. The molecule has 0 spiro atoms. The van der Waals surface area contributed by atoms with Gasteiger partial charge in [-0.05, 0) is 55.9 Å². The maximum Gasteiger partial charge on any atom is 0.321 e. The summed E-state index contributed by atoms with van der Waals surface area (Å²) >= 11 is 6.19. The molecule has 0 aliphatic carbocycles. The number of halogens is 1. The van der Waals surface area contributed by atoms with Crippen LogP contribution in [0.5, 0.6) is 0 Å². The Hall–Kier alpha value is -3.06. The van der Waals surface area contributed by atoms with Gasteiger partial charge in [-0.2, -0.15) is 0 Å². The number of carbonyl (C=O) groups excluding carboxylic acids is 3. The van der Waals surface area contributed by atoms with E-state index in [1.54, 1.807) is 29.2 Å². The molecule has 1 atom stereocenters. The maximum atomic E-state index is 13.0. The van der Waals surface area contributed by atoms with Gasteiger partial charge in [-0.1, -0.05) is 55.3 Å². The van der Waals surface area contributed by atoms with Gasteiger partial charge < -0.3 is 20.9 Å². The van der Waals surface area contributed by atoms with Crippen molar-refractivity contribution in [1.29, 1.82) is 0 Å². The second kappa shape index (κ2) is 11.9. The van der Waals surface area contributed by atoms with Gasteiger partial charge in [0, 0.05) is 25.3 Å². The van der Waals surface area contributed by atoms with E-state index in [4.69, 9.17) is 11.6 Å². The monoisotopic (exact) mass is 484 g/mol. The van der Waals surface area contributed by atoms with Crippen molar-refractivity contribution in [3.63, 3.8) is 0 Å². The Kier molecular flexibility index (Phi) is 8.93. The zero-order valence-corrected chi connectivity index (χ0v) is 20.7. The summed E-state index contributed by atoms with van der Waals surface area (Å²) in [5, 5.41) is 9.10. The molecule has 2 aromatic rings. The quantitative estimate of drug-likeness (QED) is 0.541. The van der Waals surface area contributed by atoms with Crippen LogP contribution in [-0.4, -0.2) is 48.4 Å². The molecule has 8 heteroatoms. The minimum absolute atomic E-state index is 0.0953. The van der Waals surface area contributed by atoms with Crippen molar-refractivity contribution in [3.05, 3.63) is 64.7 Å². The molecule has 0 aromatic heterocycles. The average Bonchev–Trinajstić information content (AvgIpc) is 2.82. The molecule has 0 bridgehead atoms. The number of aryl methyl sites for hydroxylation is 1. The standard InChI is InChI=1S/C26H33ClN4O3/c1-17(2)16-28-25(33)23(30-24(32)21-6-4-5-7-22(21)27)19-12-14-31(15-13-19)26(34)29-20-10-8-18(3)9-11-20/h4-11,17,19,23H,12-16H2,1-3H3,(H,28,33)(H,29,34)(H,30,32)/t23-/m1/s1. The smallest absolute Gasteiger partial charge is 0.321 e. The first-order valence-electron chi connectivity index (χ1n) is 11.7. The number of anilines is 1. The Morgan fingerprint density at radius 2 is 1.68 bits per heavy atom. The van der Waals surface area contributed by atoms with Crippen LogP contribution in [0, 0.1) is 18.8 Å². The number of rotatable bonds is 7. The summed E-state index contributed by atoms with van der Waals surface area (Å²) < 4.78 is 0. The van der Waals surface area contributed by atoms with Gasteiger partial charge in [0.1, 0.15) is 6.04 Å². The topological polar surface area (TPSA) is 90.5 Å². The first-order valence-corrected chi connectivity index (χ1v) is 12.1. The van der Waals surface area contributed by atoms with Crippen molar-refractivity contribution in [2.75, 3.05) is 25.0 Å². The van der Waals surface area contributed by atoms with Crippen molar-refractivity contribution < 1.29 is 14.4 Å². The molecule has 3 rings (SSSR count). The summed E-state index contributed by atoms with van der Waals surface area (Å²) in [7, 11) is 0. The predicted molar refractivity (Wildman–Crippen MR) is 135 cm³/mol. The third-order valence-corrected chi connectivity index (χ3v) is 6.30. The molecule has 4 amide bonds. The van der Waals surface area contributed by atoms with Crippen LogP contribution in [0.25, 0.3) is 0 Å². The lowest BCUT2D eigenvalue weighted by Gasteiger charge is -2.36. The first-order chi connectivity index (χ1) is 16.2. The van der Waals surface area contributed by atoms with Crippen LogP contribution in [0.2, 0.25) is 5.02 Å². The third-order valence-electron chi connectivity index (χ3n) is 5.97. The number of nitrogens with one attached hydrogen (secondary N) is 3. The van der Waals surface area contributed by atoms with E-state index in [1.807, 2.05) is 45.0 Å². The number of benzene rings is 2. The van der Waals surface area contributed by atoms with Gasteiger partial charge in [0.2, 0.25) is 5.91 Å². The Labute approximate surface area is 206 Å². The number of piperidine rings is 1. The molecular weight excluding hydrogens is 452 g/mol. The lowest BCUT2D eigenvalue weighted by Crippen LogP contribution is -2.54. The number of urea groups is 1. The molecule has 7 nitrogen and oxygen atoms in total. The van der Waals surface area contributed by atoms with Gasteiger partial charge in [-0.25, -0.2) is 4.79 Å². The summed E-state index contributed by atoms with van der Waals surface area (Å²) in [6, 6.07) is 13.6. The normalized spacial score (nSPS) is 15.0. The molecule has 34 heavy (non-hydrogen) atoms. The average molecular weight is 485 g/mol. The molecule has 0 saturated carbocycles. The number of amides is 4. The van der Waals surface area contributed by atoms with Crippen LogP contribution in [0.4, 0.5) is 10.5 Å². The summed E-state index contributed by atoms with van der Waals surface area (Å²) in [5.41, 5.74) is 2.20. The lowest BCUT2D eigenvalue weighted by molar-refractivity contribution is -0.124. The van der Waals surface area contributed by atoms with E-state index in [0.717, 1.165) is 11.3 Å². The molecule has 0 unspecified atom stereocenters. The Morgan fingerprint density at radius 1 is 1.03 bits per heavy atom. The molecule has 182 valence electrons. The van der Waals surface area contributed by atoms with E-state index in [2.05, 4.69) is 16.0 Å². The van der Waals surface area contributed by atoms with Gasteiger partial charge in [-0.15, -0.1) is 0 Å². The van der Waals surface area contributed by atoms with Crippen LogP contribution in [0.3, 0.4) is 0 Å². The Balaban J connectivity index is 1.64. The Bertz CT molecular complexity index is 1000. The van der Waals surface area contributed by atoms with Crippen molar-refractivity contribution >= 4 is 35.1 Å². The summed E-state index contributed by atoms with van der Waals surface area (Å²) in [4.78, 5) is 40.4. The van der Waals surface area contributed by atoms with Crippen LogP contribution in [-0.2, 0) is 4.79 Å². The fourth-order valence-electron chi connectivity index (χ4n) is 3.95. The van der Waals surface area contributed by atoms with E-state index in [1.165, 1.54) is 0 Å². The molecule has 3 N–H and O–H groups in total. The highest BCUT2D eigenvalue weighted by atomic mass is 35.5. The highest BCUT2D eigenvalue weighted by molar-refractivity contribution is 6.33. The highest BCUT2D eigenvalue weighted by Gasteiger charge is 2.34. The SMILES string of the molecule is Cc1ccc(NC(=O)N2CCC([C@@H](NC(=O)c3ccccc3Cl)C(=O)NCC(C)C)CC2)cc1. The van der Waals surface area contributed by atoms with Crippen LogP contribution < -0.4 is 16.0 Å². The zero-order valence-electron chi connectivity index (χ0n) is 19.9. The van der Waals surface area contributed by atoms with Crippen molar-refractivity contribution in [1.82, 2.24) is 15.5 Å². The van der Waals surface area contributed by atoms with E-state index in [0.29, 0.717) is 43.1 Å². The fraction of sp³-hybridized carbons (Fsp3) is 0.423. The summed E-state index contributed by atoms with van der Waals surface area (Å²) in [6.45, 7) is 7.55. The molecule has 1 heterocycles. The predicted octanol–water partition coefficient (Wildman–Crippen LogP) is 4.46. The van der Waals surface area contributed by atoms with Gasteiger partial charge in [0.05, 0.1) is 10.6 Å². The summed E-state index contributed by atoms with van der Waals surface area (Å²) in [5.74, 6) is -0.398. The number of nitrogens with zero attached hydrogens (tertiary/aromatic N) is 1. The van der Waals surface area contributed by atoms with Crippen molar-refractivity contribution in [2.24, 2.45) is 11.8 Å². The third kappa shape index (κ3) is 6.97. The number of hydrogen-bond acceptors (Lipinski definition) is 3. The first kappa shape index (κ1) is 25.6. The van der Waals surface area contributed by atoms with Crippen molar-refractivity contribution in [3.8, 4) is 0 Å². The molecule has 2 aromatic carbocycles. The van der Waals surface area contributed by atoms with Gasteiger partial charge >= 0.3 is 6.03 Å². The second-order valence-electron chi connectivity index (χ2n) is 9.19. The fourth-order valence-corrected chi connectivity index (χ4v) is 4.17. The van der Waals surface area contributed by atoms with E-state index in [9.17, 15) is 14.4 Å². The molecule has 0 radical (unpaired) electrons. The number of hydrogen-bond donors (Lipinski definition) is 3. The molecule has 1 aliphatic heterocycles. The molecule has 1 saturated heterocycles. The Morgan fingerprint density at radius 3 is 2.29 bits per heavy atom. The molecular formula is C26H33ClN4O3. The van der Waals surface area contributed by atoms with E-state index < -0.39 is 6.04 Å². The van der Waals surface area contributed by atoms with Crippen LogP contribution in [0.15, 0.2) is 48.5 Å². The van der Waals surface area contributed by atoms with Gasteiger partial charge in [0.25, 0.3) is 5.91 Å². The van der Waals surface area contributed by atoms with Crippen LogP contribution >= 0.6 is 11.6 Å². The molecule has 1 fully saturated rings. The largest absolute Gasteiger partial charge is 0.354 e. The second-order valence-corrected chi connectivity index (χ2v) is 9.60. The highest BCUT2D eigenvalue weighted by Crippen LogP contribution is 2.23.